The molecule has 0 N–H and O–H groups in total. The standard InChI is InChI=1S/C54H43F2N3/c55-48-27-41(28-49(56)47(48)34-57)53-30-36-25-37(31-53)33-54(32-36,35-53)59-50-23-21-40(52(38-13-5-1-6-14-38)39-15-7-2-8-16-39)26-45(50)46-29-44(22-24-51(46)59)58(42-17-9-3-10-18-42)43-19-11-4-12-20-43/h1-24,26-29,36-37,52H,25,30-33,35H2. The zero-order valence-electron chi connectivity index (χ0n) is 32.7. The molecule has 7 aromatic carbocycles. The number of fused-ring (bicyclic) bond motifs is 3. The van der Waals surface area contributed by atoms with Gasteiger partial charge in [-0.2, -0.15) is 5.26 Å². The van der Waals surface area contributed by atoms with E-state index in [4.69, 9.17) is 0 Å². The second kappa shape index (κ2) is 13.8. The number of para-hydroxylation sites is 2. The minimum absolute atomic E-state index is 0.0394. The first-order chi connectivity index (χ1) is 28.9. The molecule has 8 aromatic rings. The van der Waals surface area contributed by atoms with Gasteiger partial charge in [-0.3, -0.25) is 0 Å². The molecule has 0 spiro atoms. The van der Waals surface area contributed by atoms with Crippen molar-refractivity contribution in [2.75, 3.05) is 4.90 Å². The van der Waals surface area contributed by atoms with E-state index in [1.807, 2.05) is 0 Å². The van der Waals surface area contributed by atoms with Crippen LogP contribution in [0.15, 0.2) is 170 Å². The van der Waals surface area contributed by atoms with Crippen molar-refractivity contribution in [1.29, 1.82) is 5.26 Å². The zero-order valence-corrected chi connectivity index (χ0v) is 32.7. The molecular formula is C54H43F2N3. The van der Waals surface area contributed by atoms with E-state index in [2.05, 4.69) is 167 Å². The molecule has 59 heavy (non-hydrogen) atoms. The summed E-state index contributed by atoms with van der Waals surface area (Å²) in [7, 11) is 0. The number of anilines is 3. The largest absolute Gasteiger partial charge is 0.334 e. The molecule has 4 aliphatic rings. The third-order valence-electron chi connectivity index (χ3n) is 13.9. The van der Waals surface area contributed by atoms with Crippen LogP contribution in [0.3, 0.4) is 0 Å². The number of halogens is 2. The van der Waals surface area contributed by atoms with Crippen LogP contribution in [0.25, 0.3) is 21.8 Å². The van der Waals surface area contributed by atoms with Gasteiger partial charge in [0.1, 0.15) is 23.3 Å². The van der Waals surface area contributed by atoms with E-state index in [0.717, 1.165) is 55.6 Å². The van der Waals surface area contributed by atoms with Gasteiger partial charge in [-0.1, -0.05) is 103 Å². The Morgan fingerprint density at radius 2 is 1.07 bits per heavy atom. The lowest BCUT2D eigenvalue weighted by molar-refractivity contribution is -0.0590. The first-order valence-electron chi connectivity index (χ1n) is 20.9. The highest BCUT2D eigenvalue weighted by Crippen LogP contribution is 2.66. The van der Waals surface area contributed by atoms with Gasteiger partial charge in [-0.25, -0.2) is 8.78 Å². The van der Waals surface area contributed by atoms with Gasteiger partial charge in [0.05, 0.1) is 0 Å². The van der Waals surface area contributed by atoms with Crippen LogP contribution in [-0.2, 0) is 11.0 Å². The fourth-order valence-electron chi connectivity index (χ4n) is 12.1. The van der Waals surface area contributed by atoms with E-state index in [1.54, 1.807) is 6.07 Å². The molecule has 0 saturated heterocycles. The number of nitriles is 1. The molecule has 12 rings (SSSR count). The molecule has 0 amide bonds. The molecule has 4 saturated carbocycles. The third kappa shape index (κ3) is 5.80. The summed E-state index contributed by atoms with van der Waals surface area (Å²) < 4.78 is 33.5. The van der Waals surface area contributed by atoms with Crippen LogP contribution in [0.2, 0.25) is 0 Å². The maximum atomic E-state index is 15.4. The predicted molar refractivity (Wildman–Crippen MR) is 233 cm³/mol. The monoisotopic (exact) mass is 771 g/mol. The van der Waals surface area contributed by atoms with Crippen molar-refractivity contribution >= 4 is 38.9 Å². The Morgan fingerprint density at radius 3 is 1.61 bits per heavy atom. The van der Waals surface area contributed by atoms with Gasteiger partial charge in [-0.15, -0.1) is 0 Å². The van der Waals surface area contributed by atoms with Crippen LogP contribution in [0, 0.1) is 34.8 Å². The smallest absolute Gasteiger partial charge is 0.144 e. The van der Waals surface area contributed by atoms with Crippen molar-refractivity contribution in [3.63, 3.8) is 0 Å². The van der Waals surface area contributed by atoms with Crippen LogP contribution >= 0.6 is 0 Å². The maximum Gasteiger partial charge on any atom is 0.144 e. The summed E-state index contributed by atoms with van der Waals surface area (Å²) in [5, 5.41) is 11.9. The van der Waals surface area contributed by atoms with Gasteiger partial charge < -0.3 is 9.47 Å². The highest BCUT2D eigenvalue weighted by atomic mass is 19.1. The van der Waals surface area contributed by atoms with E-state index in [-0.39, 0.29) is 16.9 Å². The molecule has 0 radical (unpaired) electrons. The Morgan fingerprint density at radius 1 is 0.559 bits per heavy atom. The van der Waals surface area contributed by atoms with Crippen molar-refractivity contribution in [1.82, 2.24) is 4.57 Å². The van der Waals surface area contributed by atoms with Gasteiger partial charge in [0.2, 0.25) is 0 Å². The van der Waals surface area contributed by atoms with E-state index in [9.17, 15) is 5.26 Å². The number of hydrogen-bond acceptors (Lipinski definition) is 2. The molecule has 0 aliphatic heterocycles. The summed E-state index contributed by atoms with van der Waals surface area (Å²) in [4.78, 5) is 2.33. The average molecular weight is 772 g/mol. The maximum absolute atomic E-state index is 15.4. The van der Waals surface area contributed by atoms with Crippen molar-refractivity contribution in [2.45, 2.75) is 55.4 Å². The zero-order chi connectivity index (χ0) is 39.7. The molecule has 1 heterocycles. The summed E-state index contributed by atoms with van der Waals surface area (Å²) in [6, 6.07) is 61.4. The van der Waals surface area contributed by atoms with Crippen LogP contribution in [-0.4, -0.2) is 4.57 Å². The lowest BCUT2D eigenvalue weighted by Crippen LogP contribution is -2.58. The van der Waals surface area contributed by atoms with Gasteiger partial charge in [-0.05, 0) is 145 Å². The van der Waals surface area contributed by atoms with Crippen molar-refractivity contribution in [3.8, 4) is 6.07 Å². The average Bonchev–Trinajstić information content (AvgIpc) is 3.59. The molecular weight excluding hydrogens is 729 g/mol. The minimum atomic E-state index is -0.753. The van der Waals surface area contributed by atoms with Gasteiger partial charge in [0.25, 0.3) is 0 Å². The molecule has 1 aromatic heterocycles. The summed E-state index contributed by atoms with van der Waals surface area (Å²) in [6.07, 6.45) is 5.85. The normalized spacial score (nSPS) is 21.9. The van der Waals surface area contributed by atoms with Crippen LogP contribution < -0.4 is 4.90 Å². The molecule has 288 valence electrons. The molecule has 3 nitrogen and oxygen atoms in total. The third-order valence-corrected chi connectivity index (χ3v) is 13.9. The predicted octanol–water partition coefficient (Wildman–Crippen LogP) is 13.8. The molecule has 5 heteroatoms. The Bertz CT molecular complexity index is 2640. The van der Waals surface area contributed by atoms with Crippen molar-refractivity contribution in [2.24, 2.45) is 11.8 Å². The number of hydrogen-bond donors (Lipinski definition) is 0. The minimum Gasteiger partial charge on any atom is -0.334 e. The lowest BCUT2D eigenvalue weighted by Gasteiger charge is -2.63. The van der Waals surface area contributed by atoms with Crippen LogP contribution in [0.1, 0.15) is 72.3 Å². The number of benzene rings is 7. The molecule has 4 aliphatic carbocycles. The van der Waals surface area contributed by atoms with E-state index >= 15 is 8.78 Å². The van der Waals surface area contributed by atoms with Crippen LogP contribution in [0.4, 0.5) is 25.8 Å². The quantitative estimate of drug-likeness (QED) is 0.144. The molecule has 4 fully saturated rings. The molecule has 2 atom stereocenters. The Labute approximate surface area is 343 Å². The number of rotatable bonds is 8. The fourth-order valence-corrected chi connectivity index (χ4v) is 12.1. The van der Waals surface area contributed by atoms with Crippen LogP contribution in [0.5, 0.6) is 0 Å². The van der Waals surface area contributed by atoms with Gasteiger partial charge >= 0.3 is 0 Å². The van der Waals surface area contributed by atoms with E-state index < -0.39 is 17.2 Å². The van der Waals surface area contributed by atoms with Gasteiger partial charge in [0, 0.05) is 50.3 Å². The van der Waals surface area contributed by atoms with Gasteiger partial charge in [0.15, 0.2) is 0 Å². The van der Waals surface area contributed by atoms with Crippen molar-refractivity contribution < 1.29 is 8.78 Å². The molecule has 4 bridgehead atoms. The Hall–Kier alpha value is -6.51. The van der Waals surface area contributed by atoms with Crippen molar-refractivity contribution in [3.05, 3.63) is 209 Å². The Balaban J connectivity index is 1.15. The second-order valence-corrected chi connectivity index (χ2v) is 17.5. The number of nitrogens with zero attached hydrogens (tertiary/aromatic N) is 3. The Kier molecular flexibility index (Phi) is 8.34. The topological polar surface area (TPSA) is 32.0 Å². The SMILES string of the molecule is N#Cc1c(F)cc(C23CC4CC(C2)CC(n2c5ccc(C(c6ccccc6)c6ccccc6)cc5c5cc(N(c6ccccc6)c6ccccc6)ccc52)(C4)C3)cc1F. The lowest BCUT2D eigenvalue weighted by atomic mass is 9.45. The summed E-state index contributed by atoms with van der Waals surface area (Å²) >= 11 is 0. The summed E-state index contributed by atoms with van der Waals surface area (Å²) in [6.45, 7) is 0. The second-order valence-electron chi connectivity index (χ2n) is 17.5. The summed E-state index contributed by atoms with van der Waals surface area (Å²) in [5.74, 6) is -0.584. The highest BCUT2D eigenvalue weighted by molar-refractivity contribution is 6.10. The fraction of sp³-hybridized carbons (Fsp3) is 0.204. The first-order valence-corrected chi connectivity index (χ1v) is 20.9. The molecule has 2 unspecified atom stereocenters. The van der Waals surface area contributed by atoms with E-state index in [1.165, 1.54) is 50.6 Å². The first kappa shape index (κ1) is 35.6. The number of aromatic nitrogens is 1. The highest BCUT2D eigenvalue weighted by Gasteiger charge is 2.59. The summed E-state index contributed by atoms with van der Waals surface area (Å²) in [5.41, 5.74) is 8.95. The van der Waals surface area contributed by atoms with E-state index in [0.29, 0.717) is 17.4 Å².